The van der Waals surface area contributed by atoms with Gasteiger partial charge >= 0.3 is 0 Å². The lowest BCUT2D eigenvalue weighted by Gasteiger charge is -2.35. The summed E-state index contributed by atoms with van der Waals surface area (Å²) in [7, 11) is 0. The summed E-state index contributed by atoms with van der Waals surface area (Å²) in [5, 5.41) is 8.91. The van der Waals surface area contributed by atoms with Crippen molar-refractivity contribution in [1.82, 2.24) is 24.6 Å². The fourth-order valence-electron chi connectivity index (χ4n) is 4.35. The molecule has 2 saturated heterocycles. The molecule has 30 heavy (non-hydrogen) atoms. The summed E-state index contributed by atoms with van der Waals surface area (Å²) in [5.74, 6) is 1.99. The molecule has 156 valence electrons. The van der Waals surface area contributed by atoms with Gasteiger partial charge in [0.2, 0.25) is 5.91 Å². The van der Waals surface area contributed by atoms with Crippen LogP contribution in [0.3, 0.4) is 0 Å². The summed E-state index contributed by atoms with van der Waals surface area (Å²) in [6.07, 6.45) is 5.52. The minimum Gasteiger partial charge on any atom is -0.355 e. The van der Waals surface area contributed by atoms with E-state index in [-0.39, 0.29) is 5.91 Å². The van der Waals surface area contributed by atoms with Crippen LogP contribution in [0.25, 0.3) is 11.0 Å². The van der Waals surface area contributed by atoms with Crippen molar-refractivity contribution in [3.8, 4) is 0 Å². The molecule has 5 rings (SSSR count). The van der Waals surface area contributed by atoms with E-state index in [0.717, 1.165) is 48.8 Å². The Kier molecular flexibility index (Phi) is 5.21. The maximum absolute atomic E-state index is 12.8. The molecule has 1 amide bonds. The van der Waals surface area contributed by atoms with Gasteiger partial charge in [0.25, 0.3) is 0 Å². The number of piperazine rings is 1. The van der Waals surface area contributed by atoms with Crippen LogP contribution in [0.4, 0.5) is 11.6 Å². The zero-order chi connectivity index (χ0) is 20.3. The van der Waals surface area contributed by atoms with Crippen LogP contribution >= 0.6 is 0 Å². The first-order chi connectivity index (χ1) is 14.8. The molecule has 2 fully saturated rings. The first-order valence-corrected chi connectivity index (χ1v) is 10.8. The molecule has 0 aliphatic carbocycles. The van der Waals surface area contributed by atoms with Crippen molar-refractivity contribution in [3.05, 3.63) is 42.7 Å². The van der Waals surface area contributed by atoms with Gasteiger partial charge in [0, 0.05) is 39.3 Å². The molecule has 0 radical (unpaired) electrons. The molecule has 2 aliphatic rings. The number of rotatable bonds is 4. The molecule has 0 bridgehead atoms. The smallest absolute Gasteiger partial charge is 0.242 e. The molecule has 0 N–H and O–H groups in total. The number of para-hydroxylation sites is 2. The highest BCUT2D eigenvalue weighted by molar-refractivity contribution is 5.80. The van der Waals surface area contributed by atoms with Gasteiger partial charge in [0.1, 0.15) is 6.54 Å². The van der Waals surface area contributed by atoms with E-state index >= 15 is 0 Å². The lowest BCUT2D eigenvalue weighted by atomic mass is 10.1. The number of fused-ring (bicyclic) bond motifs is 1. The van der Waals surface area contributed by atoms with E-state index in [1.165, 1.54) is 19.3 Å². The second kappa shape index (κ2) is 8.30. The summed E-state index contributed by atoms with van der Waals surface area (Å²) in [6, 6.07) is 12.0. The largest absolute Gasteiger partial charge is 0.355 e. The SMILES string of the molecule is O=C(Cn1cnc2ccccc21)N1CCN(c2ccc(N3CCCCC3)nn2)CC1. The monoisotopic (exact) mass is 405 g/mol. The third-order valence-electron chi connectivity index (χ3n) is 6.11. The number of hydrogen-bond donors (Lipinski definition) is 0. The van der Waals surface area contributed by atoms with Crippen LogP contribution in [0.15, 0.2) is 42.7 Å². The van der Waals surface area contributed by atoms with Crippen LogP contribution in [0.5, 0.6) is 0 Å². The van der Waals surface area contributed by atoms with E-state index in [1.54, 1.807) is 6.33 Å². The number of carbonyl (C=O) groups is 1. The number of piperidine rings is 1. The summed E-state index contributed by atoms with van der Waals surface area (Å²) >= 11 is 0. The van der Waals surface area contributed by atoms with Gasteiger partial charge in [-0.15, -0.1) is 10.2 Å². The third-order valence-corrected chi connectivity index (χ3v) is 6.11. The molecule has 8 nitrogen and oxygen atoms in total. The second-order valence-corrected chi connectivity index (χ2v) is 8.03. The molecule has 2 aromatic heterocycles. The number of nitrogens with zero attached hydrogens (tertiary/aromatic N) is 7. The number of aromatic nitrogens is 4. The lowest BCUT2D eigenvalue weighted by Crippen LogP contribution is -2.49. The fraction of sp³-hybridized carbons (Fsp3) is 0.455. The Labute approximate surface area is 176 Å². The lowest BCUT2D eigenvalue weighted by molar-refractivity contribution is -0.132. The Morgan fingerprint density at radius 3 is 2.17 bits per heavy atom. The van der Waals surface area contributed by atoms with Crippen LogP contribution in [-0.2, 0) is 11.3 Å². The van der Waals surface area contributed by atoms with Crippen molar-refractivity contribution in [1.29, 1.82) is 0 Å². The van der Waals surface area contributed by atoms with Crippen LogP contribution in [0.2, 0.25) is 0 Å². The molecule has 0 atom stereocenters. The van der Waals surface area contributed by atoms with Crippen LogP contribution in [0.1, 0.15) is 19.3 Å². The zero-order valence-corrected chi connectivity index (χ0v) is 17.2. The van der Waals surface area contributed by atoms with Gasteiger partial charge in [-0.05, 0) is 43.5 Å². The molecular weight excluding hydrogens is 378 g/mol. The summed E-state index contributed by atoms with van der Waals surface area (Å²) in [4.78, 5) is 23.6. The maximum Gasteiger partial charge on any atom is 0.242 e. The van der Waals surface area contributed by atoms with E-state index in [0.29, 0.717) is 19.6 Å². The minimum absolute atomic E-state index is 0.129. The topological polar surface area (TPSA) is 70.4 Å². The van der Waals surface area contributed by atoms with Crippen molar-refractivity contribution < 1.29 is 4.79 Å². The van der Waals surface area contributed by atoms with Gasteiger partial charge in [-0.3, -0.25) is 4.79 Å². The predicted molar refractivity (Wildman–Crippen MR) is 117 cm³/mol. The van der Waals surface area contributed by atoms with E-state index in [1.807, 2.05) is 33.7 Å². The van der Waals surface area contributed by atoms with E-state index in [2.05, 4.69) is 37.1 Å². The molecular formula is C22H27N7O. The van der Waals surface area contributed by atoms with Crippen molar-refractivity contribution in [2.24, 2.45) is 0 Å². The van der Waals surface area contributed by atoms with Gasteiger partial charge in [0.05, 0.1) is 17.4 Å². The van der Waals surface area contributed by atoms with Crippen molar-refractivity contribution in [2.45, 2.75) is 25.8 Å². The molecule has 8 heteroatoms. The number of hydrogen-bond acceptors (Lipinski definition) is 6. The fourth-order valence-corrected chi connectivity index (χ4v) is 4.35. The predicted octanol–water partition coefficient (Wildman–Crippen LogP) is 2.17. The average Bonchev–Trinajstić information content (AvgIpc) is 3.23. The standard InChI is InChI=1S/C22H27N7O/c30-22(16-29-17-23-18-6-2-3-7-19(18)29)28-14-12-27(13-15-28)21-9-8-20(24-25-21)26-10-4-1-5-11-26/h2-3,6-9,17H,1,4-5,10-16H2. The maximum atomic E-state index is 12.8. The normalized spacial score (nSPS) is 17.5. The van der Waals surface area contributed by atoms with E-state index in [9.17, 15) is 4.79 Å². The van der Waals surface area contributed by atoms with Crippen LogP contribution in [0, 0.1) is 0 Å². The molecule has 3 aromatic rings. The second-order valence-electron chi connectivity index (χ2n) is 8.03. The molecule has 1 aromatic carbocycles. The zero-order valence-electron chi connectivity index (χ0n) is 17.2. The number of amides is 1. The summed E-state index contributed by atoms with van der Waals surface area (Å²) in [6.45, 7) is 5.40. The third kappa shape index (κ3) is 3.81. The number of carbonyl (C=O) groups excluding carboxylic acids is 1. The van der Waals surface area contributed by atoms with Crippen molar-refractivity contribution in [2.75, 3.05) is 49.1 Å². The van der Waals surface area contributed by atoms with Gasteiger partial charge in [-0.1, -0.05) is 12.1 Å². The highest BCUT2D eigenvalue weighted by Crippen LogP contribution is 2.20. The van der Waals surface area contributed by atoms with Gasteiger partial charge in [0.15, 0.2) is 11.6 Å². The quantitative estimate of drug-likeness (QED) is 0.663. The van der Waals surface area contributed by atoms with Gasteiger partial charge in [-0.25, -0.2) is 4.98 Å². The molecule has 0 unspecified atom stereocenters. The Morgan fingerprint density at radius 1 is 0.800 bits per heavy atom. The Balaban J connectivity index is 1.17. The number of imidazole rings is 1. The highest BCUT2D eigenvalue weighted by Gasteiger charge is 2.23. The Hall–Kier alpha value is -3.16. The summed E-state index contributed by atoms with van der Waals surface area (Å²) in [5.41, 5.74) is 1.91. The van der Waals surface area contributed by atoms with E-state index < -0.39 is 0 Å². The Bertz CT molecular complexity index is 1000. The first kappa shape index (κ1) is 18.8. The van der Waals surface area contributed by atoms with Crippen molar-refractivity contribution >= 4 is 28.6 Å². The van der Waals surface area contributed by atoms with Crippen LogP contribution < -0.4 is 9.80 Å². The molecule has 0 saturated carbocycles. The molecule has 4 heterocycles. The number of anilines is 2. The van der Waals surface area contributed by atoms with Gasteiger partial charge in [-0.2, -0.15) is 0 Å². The molecule has 0 spiro atoms. The first-order valence-electron chi connectivity index (χ1n) is 10.8. The summed E-state index contributed by atoms with van der Waals surface area (Å²) < 4.78 is 1.93. The Morgan fingerprint density at radius 2 is 1.47 bits per heavy atom. The van der Waals surface area contributed by atoms with Gasteiger partial charge < -0.3 is 19.3 Å². The van der Waals surface area contributed by atoms with Crippen LogP contribution in [-0.4, -0.2) is 69.8 Å². The number of benzene rings is 1. The highest BCUT2D eigenvalue weighted by atomic mass is 16.2. The van der Waals surface area contributed by atoms with Crippen molar-refractivity contribution in [3.63, 3.8) is 0 Å². The average molecular weight is 406 g/mol. The van der Waals surface area contributed by atoms with E-state index in [4.69, 9.17) is 0 Å². The molecule has 2 aliphatic heterocycles. The minimum atomic E-state index is 0.129.